The molecule has 0 unspecified atom stereocenters. The molecule has 0 spiro atoms. The van der Waals surface area contributed by atoms with Gasteiger partial charge in [-0.1, -0.05) is 11.6 Å². The van der Waals surface area contributed by atoms with E-state index in [9.17, 15) is 24.5 Å². The molecule has 0 atom stereocenters. The second-order valence-corrected chi connectivity index (χ2v) is 8.19. The molecule has 2 aromatic rings. The van der Waals surface area contributed by atoms with Crippen molar-refractivity contribution < 1.29 is 28.8 Å². The Kier molecular flexibility index (Phi) is 7.24. The second kappa shape index (κ2) is 9.88. The first-order valence-electron chi connectivity index (χ1n) is 9.54. The number of fused-ring (bicyclic) bond motifs is 1. The van der Waals surface area contributed by atoms with E-state index in [1.165, 1.54) is 11.3 Å². The van der Waals surface area contributed by atoms with Crippen molar-refractivity contribution in [1.82, 2.24) is 0 Å². The Hall–Kier alpha value is -2.98. The molecule has 1 heterocycles. The Labute approximate surface area is 186 Å². The molecular weight excluding hydrogens is 448 g/mol. The predicted octanol–water partition coefficient (Wildman–Crippen LogP) is 4.16. The molecule has 31 heavy (non-hydrogen) atoms. The highest BCUT2D eigenvalue weighted by molar-refractivity contribution is 7.17. The number of halogens is 1. The number of esters is 2. The van der Waals surface area contributed by atoms with E-state index in [4.69, 9.17) is 21.1 Å². The quantitative estimate of drug-likeness (QED) is 0.369. The molecule has 0 saturated heterocycles. The monoisotopic (exact) mass is 466 g/mol. The number of carbonyl (C=O) groups is 3. The van der Waals surface area contributed by atoms with Crippen molar-refractivity contribution >= 4 is 51.5 Å². The van der Waals surface area contributed by atoms with Crippen LogP contribution in [0.25, 0.3) is 0 Å². The molecule has 11 heteroatoms. The number of aryl methyl sites for hydroxylation is 1. The maximum atomic E-state index is 12.4. The third-order valence-corrected chi connectivity index (χ3v) is 6.14. The fourth-order valence-electron chi connectivity index (χ4n) is 3.23. The number of nitro groups is 1. The third kappa shape index (κ3) is 5.20. The Morgan fingerprint density at radius 3 is 2.61 bits per heavy atom. The topological polar surface area (TPSA) is 125 Å². The van der Waals surface area contributed by atoms with Crippen LogP contribution >= 0.6 is 22.9 Å². The van der Waals surface area contributed by atoms with Gasteiger partial charge in [0.25, 0.3) is 11.6 Å². The summed E-state index contributed by atoms with van der Waals surface area (Å²) in [5, 5.41) is 13.6. The minimum Gasteiger partial charge on any atom is -0.462 e. The lowest BCUT2D eigenvalue weighted by molar-refractivity contribution is -0.384. The Bertz CT molecular complexity index is 1050. The number of thiophene rings is 1. The number of ether oxygens (including phenoxy) is 2. The minimum atomic E-state index is -0.897. The summed E-state index contributed by atoms with van der Waals surface area (Å²) in [6, 6.07) is 3.30. The van der Waals surface area contributed by atoms with Gasteiger partial charge < -0.3 is 14.8 Å². The number of anilines is 1. The summed E-state index contributed by atoms with van der Waals surface area (Å²) >= 11 is 7.22. The molecule has 1 aromatic carbocycles. The lowest BCUT2D eigenvalue weighted by atomic mass is 9.95. The van der Waals surface area contributed by atoms with E-state index in [0.717, 1.165) is 54.3 Å². The van der Waals surface area contributed by atoms with Gasteiger partial charge in [0.15, 0.2) is 6.61 Å². The van der Waals surface area contributed by atoms with Gasteiger partial charge in [-0.15, -0.1) is 11.3 Å². The van der Waals surface area contributed by atoms with Crippen LogP contribution in [0.1, 0.15) is 50.9 Å². The fourth-order valence-corrected chi connectivity index (χ4v) is 4.77. The number of carbonyl (C=O) groups excluding carboxylic acids is 3. The first kappa shape index (κ1) is 22.7. The van der Waals surface area contributed by atoms with Crippen molar-refractivity contribution in [3.63, 3.8) is 0 Å². The molecule has 3 rings (SSSR count). The van der Waals surface area contributed by atoms with Gasteiger partial charge in [-0.25, -0.2) is 9.59 Å². The maximum Gasteiger partial charge on any atom is 0.341 e. The number of amides is 1. The van der Waals surface area contributed by atoms with Crippen molar-refractivity contribution in [2.24, 2.45) is 0 Å². The summed E-state index contributed by atoms with van der Waals surface area (Å²) in [6.45, 7) is 1.30. The largest absolute Gasteiger partial charge is 0.462 e. The van der Waals surface area contributed by atoms with Crippen LogP contribution in [0.5, 0.6) is 0 Å². The summed E-state index contributed by atoms with van der Waals surface area (Å²) in [6.07, 6.45) is 3.54. The van der Waals surface area contributed by atoms with E-state index in [2.05, 4.69) is 5.32 Å². The summed E-state index contributed by atoms with van der Waals surface area (Å²) in [4.78, 5) is 48.1. The van der Waals surface area contributed by atoms with Gasteiger partial charge in [-0.3, -0.25) is 14.9 Å². The number of nitrogens with one attached hydrogen (secondary N) is 1. The van der Waals surface area contributed by atoms with Crippen molar-refractivity contribution in [2.45, 2.75) is 32.6 Å². The number of benzene rings is 1. The van der Waals surface area contributed by atoms with Crippen LogP contribution in [0.15, 0.2) is 18.2 Å². The van der Waals surface area contributed by atoms with Crippen molar-refractivity contribution in [1.29, 1.82) is 0 Å². The second-order valence-electron chi connectivity index (χ2n) is 6.68. The van der Waals surface area contributed by atoms with E-state index in [0.29, 0.717) is 10.6 Å². The maximum absolute atomic E-state index is 12.4. The first-order chi connectivity index (χ1) is 14.8. The van der Waals surface area contributed by atoms with Gasteiger partial charge in [0.2, 0.25) is 0 Å². The van der Waals surface area contributed by atoms with Gasteiger partial charge in [-0.2, -0.15) is 0 Å². The molecule has 9 nitrogen and oxygen atoms in total. The van der Waals surface area contributed by atoms with Gasteiger partial charge in [0.1, 0.15) is 5.00 Å². The Balaban J connectivity index is 1.68. The summed E-state index contributed by atoms with van der Waals surface area (Å²) in [7, 11) is 0. The zero-order valence-corrected chi connectivity index (χ0v) is 18.1. The lowest BCUT2D eigenvalue weighted by Gasteiger charge is -2.12. The van der Waals surface area contributed by atoms with Crippen LogP contribution in [0, 0.1) is 10.1 Å². The molecule has 0 radical (unpaired) electrons. The molecule has 0 bridgehead atoms. The summed E-state index contributed by atoms with van der Waals surface area (Å²) in [5.41, 5.74) is 0.894. The molecule has 0 saturated carbocycles. The predicted molar refractivity (Wildman–Crippen MR) is 114 cm³/mol. The molecule has 1 aromatic heterocycles. The highest BCUT2D eigenvalue weighted by Crippen LogP contribution is 2.38. The van der Waals surface area contributed by atoms with Crippen LogP contribution in [0.2, 0.25) is 5.02 Å². The molecular formula is C20H19ClN2O7S. The highest BCUT2D eigenvalue weighted by Gasteiger charge is 2.27. The number of hydrogen-bond acceptors (Lipinski definition) is 8. The molecule has 0 aliphatic heterocycles. The standard InChI is InChI=1S/C20H19ClN2O7S/c1-2-29-20(26)17-13-5-3-4-6-15(13)31-18(17)22-16(24)10-30-19(25)12-8-7-11(23(27)28)9-14(12)21/h7-9H,2-6,10H2,1H3,(H,22,24). The van der Waals surface area contributed by atoms with Crippen LogP contribution in [0.4, 0.5) is 10.7 Å². The number of nitro benzene ring substituents is 1. The molecule has 164 valence electrons. The molecule has 0 fully saturated rings. The normalized spacial score (nSPS) is 12.6. The van der Waals surface area contributed by atoms with Crippen LogP contribution in [-0.4, -0.2) is 36.0 Å². The van der Waals surface area contributed by atoms with E-state index in [1.807, 2.05) is 0 Å². The smallest absolute Gasteiger partial charge is 0.341 e. The van der Waals surface area contributed by atoms with Crippen LogP contribution < -0.4 is 5.32 Å². The molecule has 1 N–H and O–H groups in total. The molecule has 1 aliphatic rings. The SMILES string of the molecule is CCOC(=O)c1c(NC(=O)COC(=O)c2ccc([N+](=O)[O-])cc2Cl)sc2c1CCCC2. The summed E-state index contributed by atoms with van der Waals surface area (Å²) in [5.74, 6) is -2.02. The zero-order valence-electron chi connectivity index (χ0n) is 16.6. The number of hydrogen-bond donors (Lipinski definition) is 1. The van der Waals surface area contributed by atoms with E-state index >= 15 is 0 Å². The van der Waals surface area contributed by atoms with Gasteiger partial charge in [0.05, 0.1) is 27.7 Å². The van der Waals surface area contributed by atoms with E-state index < -0.39 is 29.4 Å². The molecule has 1 aliphatic carbocycles. The number of nitrogens with zero attached hydrogens (tertiary/aromatic N) is 1. The zero-order chi connectivity index (χ0) is 22.5. The van der Waals surface area contributed by atoms with Crippen molar-refractivity contribution in [3.05, 3.63) is 54.9 Å². The number of rotatable bonds is 7. The fraction of sp³-hybridized carbons (Fsp3) is 0.350. The highest BCUT2D eigenvalue weighted by atomic mass is 35.5. The lowest BCUT2D eigenvalue weighted by Crippen LogP contribution is -2.22. The van der Waals surface area contributed by atoms with Gasteiger partial charge in [0, 0.05) is 17.0 Å². The van der Waals surface area contributed by atoms with Crippen LogP contribution in [-0.2, 0) is 27.1 Å². The van der Waals surface area contributed by atoms with Crippen LogP contribution in [0.3, 0.4) is 0 Å². The minimum absolute atomic E-state index is 0.0983. The van der Waals surface area contributed by atoms with Gasteiger partial charge in [-0.05, 0) is 44.2 Å². The van der Waals surface area contributed by atoms with Crippen molar-refractivity contribution in [2.75, 3.05) is 18.5 Å². The molecule has 1 amide bonds. The Morgan fingerprint density at radius 1 is 1.19 bits per heavy atom. The number of non-ortho nitro benzene ring substituents is 1. The van der Waals surface area contributed by atoms with Crippen molar-refractivity contribution in [3.8, 4) is 0 Å². The summed E-state index contributed by atoms with van der Waals surface area (Å²) < 4.78 is 10.1. The van der Waals surface area contributed by atoms with E-state index in [1.54, 1.807) is 6.92 Å². The average Bonchev–Trinajstić information content (AvgIpc) is 3.09. The Morgan fingerprint density at radius 2 is 1.94 bits per heavy atom. The van der Waals surface area contributed by atoms with E-state index in [-0.39, 0.29) is 22.9 Å². The first-order valence-corrected chi connectivity index (χ1v) is 10.7. The average molecular weight is 467 g/mol. The third-order valence-electron chi connectivity index (χ3n) is 4.62. The van der Waals surface area contributed by atoms with Gasteiger partial charge >= 0.3 is 11.9 Å².